The summed E-state index contributed by atoms with van der Waals surface area (Å²) in [5.41, 5.74) is 2.12. The summed E-state index contributed by atoms with van der Waals surface area (Å²) in [6.45, 7) is 2.55. The van der Waals surface area contributed by atoms with E-state index in [-0.39, 0.29) is 24.9 Å². The Morgan fingerprint density at radius 3 is 2.63 bits per heavy atom. The van der Waals surface area contributed by atoms with Gasteiger partial charge in [0.2, 0.25) is 5.91 Å². The normalized spacial score (nSPS) is 12.3. The Morgan fingerprint density at radius 2 is 1.87 bits per heavy atom. The molecule has 0 N–H and O–H groups in total. The number of carbonyl (C=O) groups is 2. The Balaban J connectivity index is 1.37. The molecule has 0 saturated carbocycles. The van der Waals surface area contributed by atoms with Crippen LogP contribution in [0.3, 0.4) is 0 Å². The van der Waals surface area contributed by atoms with E-state index < -0.39 is 0 Å². The van der Waals surface area contributed by atoms with Gasteiger partial charge in [0.1, 0.15) is 19.8 Å². The molecule has 0 bridgehead atoms. The quantitative estimate of drug-likeness (QED) is 0.559. The summed E-state index contributed by atoms with van der Waals surface area (Å²) in [6.07, 6.45) is 0.122. The lowest BCUT2D eigenvalue weighted by Gasteiger charge is -2.18. The molecule has 0 unspecified atom stereocenters. The van der Waals surface area contributed by atoms with Crippen LogP contribution in [0, 0.1) is 0 Å². The standard InChI is InChI=1S/C22H20N2O5S/c1-15(25)24(18-5-3-2-4-6-18)22-23-17(14-30-22)13-29-21(26)12-16-7-8-19-20(11-16)28-10-9-27-19/h2-8,11,14H,9-10,12-13H2,1H3. The molecule has 1 aromatic heterocycles. The zero-order chi connectivity index (χ0) is 20.9. The number of benzene rings is 2. The largest absolute Gasteiger partial charge is 0.486 e. The van der Waals surface area contributed by atoms with Crippen molar-refractivity contribution < 1.29 is 23.8 Å². The van der Waals surface area contributed by atoms with Gasteiger partial charge in [-0.25, -0.2) is 4.98 Å². The van der Waals surface area contributed by atoms with E-state index in [1.165, 1.54) is 23.2 Å². The van der Waals surface area contributed by atoms with Gasteiger partial charge in [-0.15, -0.1) is 11.3 Å². The summed E-state index contributed by atoms with van der Waals surface area (Å²) >= 11 is 1.32. The number of aromatic nitrogens is 1. The number of amides is 1. The lowest BCUT2D eigenvalue weighted by Crippen LogP contribution is -2.22. The lowest BCUT2D eigenvalue weighted by molar-refractivity contribution is -0.144. The van der Waals surface area contributed by atoms with Gasteiger partial charge in [-0.05, 0) is 29.8 Å². The van der Waals surface area contributed by atoms with Gasteiger partial charge in [0.15, 0.2) is 16.6 Å². The van der Waals surface area contributed by atoms with E-state index in [4.69, 9.17) is 14.2 Å². The Bertz CT molecular complexity index is 1050. The number of hydrogen-bond acceptors (Lipinski definition) is 7. The van der Waals surface area contributed by atoms with Gasteiger partial charge >= 0.3 is 5.97 Å². The molecule has 3 aromatic rings. The van der Waals surface area contributed by atoms with Gasteiger partial charge in [0.05, 0.1) is 17.8 Å². The molecular formula is C22H20N2O5S. The molecule has 7 nitrogen and oxygen atoms in total. The molecule has 1 aliphatic heterocycles. The molecule has 0 atom stereocenters. The zero-order valence-corrected chi connectivity index (χ0v) is 17.2. The fraction of sp³-hybridized carbons (Fsp3) is 0.227. The van der Waals surface area contributed by atoms with Gasteiger partial charge in [-0.1, -0.05) is 24.3 Å². The first-order valence-electron chi connectivity index (χ1n) is 9.44. The first-order valence-corrected chi connectivity index (χ1v) is 10.3. The predicted octanol–water partition coefficient (Wildman–Crippen LogP) is 3.88. The SMILES string of the molecule is CC(=O)N(c1ccccc1)c1nc(COC(=O)Cc2ccc3c(c2)OCCO3)cs1. The van der Waals surface area contributed by atoms with Gasteiger partial charge < -0.3 is 14.2 Å². The molecule has 4 rings (SSSR count). The summed E-state index contributed by atoms with van der Waals surface area (Å²) in [5, 5.41) is 2.32. The Hall–Kier alpha value is -3.39. The molecule has 0 saturated heterocycles. The number of ether oxygens (including phenoxy) is 3. The van der Waals surface area contributed by atoms with Crippen LogP contribution in [-0.4, -0.2) is 30.1 Å². The third-order valence-corrected chi connectivity index (χ3v) is 5.27. The number of anilines is 2. The molecule has 0 spiro atoms. The summed E-state index contributed by atoms with van der Waals surface area (Å²) in [4.78, 5) is 30.3. The second-order valence-electron chi connectivity index (χ2n) is 6.63. The van der Waals surface area contributed by atoms with E-state index in [2.05, 4.69) is 4.98 Å². The number of fused-ring (bicyclic) bond motifs is 1. The summed E-state index contributed by atoms with van der Waals surface area (Å²) in [6, 6.07) is 14.7. The molecule has 30 heavy (non-hydrogen) atoms. The van der Waals surface area contributed by atoms with Crippen LogP contribution in [-0.2, 0) is 27.4 Å². The fourth-order valence-corrected chi connectivity index (χ4v) is 3.91. The van der Waals surface area contributed by atoms with E-state index in [9.17, 15) is 9.59 Å². The van der Waals surface area contributed by atoms with E-state index >= 15 is 0 Å². The maximum absolute atomic E-state index is 12.2. The van der Waals surface area contributed by atoms with Crippen molar-refractivity contribution in [1.82, 2.24) is 4.98 Å². The van der Waals surface area contributed by atoms with Crippen molar-refractivity contribution in [2.75, 3.05) is 18.1 Å². The number of nitrogens with zero attached hydrogens (tertiary/aromatic N) is 2. The second kappa shape index (κ2) is 8.96. The summed E-state index contributed by atoms with van der Waals surface area (Å²) in [7, 11) is 0. The van der Waals surface area contributed by atoms with Crippen LogP contribution >= 0.6 is 11.3 Å². The second-order valence-corrected chi connectivity index (χ2v) is 7.46. The highest BCUT2D eigenvalue weighted by molar-refractivity contribution is 7.14. The summed E-state index contributed by atoms with van der Waals surface area (Å²) in [5.74, 6) is 0.813. The van der Waals surface area contributed by atoms with Gasteiger partial charge in [0, 0.05) is 12.3 Å². The van der Waals surface area contributed by atoms with Crippen LogP contribution in [0.4, 0.5) is 10.8 Å². The molecule has 154 valence electrons. The molecule has 0 fully saturated rings. The van der Waals surface area contributed by atoms with Gasteiger partial charge in [-0.3, -0.25) is 14.5 Å². The smallest absolute Gasteiger partial charge is 0.310 e. The van der Waals surface area contributed by atoms with Gasteiger partial charge in [0.25, 0.3) is 0 Å². The molecule has 2 heterocycles. The van der Waals surface area contributed by atoms with E-state index in [1.54, 1.807) is 17.5 Å². The fourth-order valence-electron chi connectivity index (χ4n) is 3.04. The van der Waals surface area contributed by atoms with Crippen LogP contribution in [0.5, 0.6) is 11.5 Å². The summed E-state index contributed by atoms with van der Waals surface area (Å²) < 4.78 is 16.4. The third-order valence-electron chi connectivity index (χ3n) is 4.40. The van der Waals surface area contributed by atoms with E-state index in [0.717, 1.165) is 11.3 Å². The van der Waals surface area contributed by atoms with Crippen LogP contribution in [0.2, 0.25) is 0 Å². The molecule has 0 aliphatic carbocycles. The Labute approximate surface area is 177 Å². The minimum Gasteiger partial charge on any atom is -0.486 e. The monoisotopic (exact) mass is 424 g/mol. The number of rotatable bonds is 6. The number of esters is 1. The van der Waals surface area contributed by atoms with Crippen molar-refractivity contribution in [3.8, 4) is 11.5 Å². The Kier molecular flexibility index (Phi) is 5.94. The minimum atomic E-state index is -0.368. The van der Waals surface area contributed by atoms with Crippen LogP contribution in [0.1, 0.15) is 18.2 Å². The molecule has 1 aliphatic rings. The highest BCUT2D eigenvalue weighted by atomic mass is 32.1. The minimum absolute atomic E-state index is 0.0421. The molecular weight excluding hydrogens is 404 g/mol. The molecule has 0 radical (unpaired) electrons. The average Bonchev–Trinajstić information content (AvgIpc) is 3.21. The predicted molar refractivity (Wildman–Crippen MR) is 112 cm³/mol. The van der Waals surface area contributed by atoms with Crippen molar-refractivity contribution in [1.29, 1.82) is 0 Å². The average molecular weight is 424 g/mol. The van der Waals surface area contributed by atoms with Crippen molar-refractivity contribution in [3.63, 3.8) is 0 Å². The van der Waals surface area contributed by atoms with Crippen molar-refractivity contribution in [2.45, 2.75) is 20.0 Å². The van der Waals surface area contributed by atoms with Crippen LogP contribution in [0.15, 0.2) is 53.9 Å². The number of thiazole rings is 1. The van der Waals surface area contributed by atoms with Crippen molar-refractivity contribution >= 4 is 34.0 Å². The molecule has 1 amide bonds. The molecule has 2 aromatic carbocycles. The van der Waals surface area contributed by atoms with Crippen LogP contribution < -0.4 is 14.4 Å². The lowest BCUT2D eigenvalue weighted by atomic mass is 10.1. The van der Waals surface area contributed by atoms with E-state index in [1.807, 2.05) is 36.4 Å². The first-order chi connectivity index (χ1) is 14.6. The number of hydrogen-bond donors (Lipinski definition) is 0. The Morgan fingerprint density at radius 1 is 1.10 bits per heavy atom. The maximum atomic E-state index is 12.2. The highest BCUT2D eigenvalue weighted by Gasteiger charge is 2.18. The topological polar surface area (TPSA) is 78.0 Å². The number of para-hydroxylation sites is 1. The van der Waals surface area contributed by atoms with Crippen LogP contribution in [0.25, 0.3) is 0 Å². The molecule has 8 heteroatoms. The first kappa shape index (κ1) is 19.9. The highest BCUT2D eigenvalue weighted by Crippen LogP contribution is 2.31. The zero-order valence-electron chi connectivity index (χ0n) is 16.4. The maximum Gasteiger partial charge on any atom is 0.310 e. The van der Waals surface area contributed by atoms with Crippen molar-refractivity contribution in [2.24, 2.45) is 0 Å². The van der Waals surface area contributed by atoms with Crippen molar-refractivity contribution in [3.05, 3.63) is 65.2 Å². The van der Waals surface area contributed by atoms with Gasteiger partial charge in [-0.2, -0.15) is 0 Å². The van der Waals surface area contributed by atoms with E-state index in [0.29, 0.717) is 35.5 Å². The third kappa shape index (κ3) is 4.60. The number of carbonyl (C=O) groups excluding carboxylic acids is 2.